The van der Waals surface area contributed by atoms with Gasteiger partial charge in [0.05, 0.1) is 6.10 Å². The predicted octanol–water partition coefficient (Wildman–Crippen LogP) is 3.02. The molecule has 1 atom stereocenters. The Bertz CT molecular complexity index is 380. The second-order valence-corrected chi connectivity index (χ2v) is 5.36. The smallest absolute Gasteiger partial charge is 0.154 e. The van der Waals surface area contributed by atoms with E-state index >= 15 is 0 Å². The quantitative estimate of drug-likeness (QED) is 0.781. The van der Waals surface area contributed by atoms with E-state index in [0.29, 0.717) is 11.3 Å². The van der Waals surface area contributed by atoms with Crippen molar-refractivity contribution >= 4 is 23.4 Å². The Morgan fingerprint density at radius 3 is 2.88 bits per heavy atom. The molecule has 5 heteroatoms. The highest BCUT2D eigenvalue weighted by molar-refractivity contribution is 7.99. The topological polar surface area (TPSA) is 35.0 Å². The van der Waals surface area contributed by atoms with E-state index in [1.807, 2.05) is 13.8 Å². The van der Waals surface area contributed by atoms with Gasteiger partial charge in [0.2, 0.25) is 0 Å². The van der Waals surface area contributed by atoms with Gasteiger partial charge >= 0.3 is 0 Å². The number of hydrogen-bond acceptors (Lipinski definition) is 4. The summed E-state index contributed by atoms with van der Waals surface area (Å²) in [6.45, 7) is 4.91. The van der Waals surface area contributed by atoms with Crippen molar-refractivity contribution in [3.05, 3.63) is 16.3 Å². The molecule has 1 aromatic rings. The summed E-state index contributed by atoms with van der Waals surface area (Å²) in [6.07, 6.45) is 2.71. The van der Waals surface area contributed by atoms with Gasteiger partial charge in [-0.05, 0) is 37.8 Å². The van der Waals surface area contributed by atoms with E-state index in [1.165, 1.54) is 6.42 Å². The molecule has 0 amide bonds. The summed E-state index contributed by atoms with van der Waals surface area (Å²) in [6, 6.07) is 0. The average Bonchev–Trinajstić information content (AvgIpc) is 2.78. The Kier molecular flexibility index (Phi) is 4.05. The Hall–Kier alpha value is -0.320. The fraction of sp³-hybridized carbons (Fsp3) is 0.636. The Morgan fingerprint density at radius 2 is 2.19 bits per heavy atom. The van der Waals surface area contributed by atoms with Crippen molar-refractivity contribution in [2.45, 2.75) is 37.8 Å². The van der Waals surface area contributed by atoms with Crippen molar-refractivity contribution in [1.82, 2.24) is 10.2 Å². The van der Waals surface area contributed by atoms with Crippen molar-refractivity contribution in [1.29, 1.82) is 0 Å². The first kappa shape index (κ1) is 12.1. The molecule has 3 nitrogen and oxygen atoms in total. The second-order valence-electron chi connectivity index (χ2n) is 3.99. The van der Waals surface area contributed by atoms with Gasteiger partial charge in [-0.2, -0.15) is 0 Å². The molecular formula is C11H15ClN2OS. The molecule has 1 aliphatic heterocycles. The second kappa shape index (κ2) is 5.34. The van der Waals surface area contributed by atoms with E-state index in [4.69, 9.17) is 16.3 Å². The van der Waals surface area contributed by atoms with E-state index in [-0.39, 0.29) is 0 Å². The maximum Gasteiger partial charge on any atom is 0.154 e. The summed E-state index contributed by atoms with van der Waals surface area (Å²) in [5, 5.41) is 9.53. The third-order valence-corrected chi connectivity index (χ3v) is 4.41. The highest BCUT2D eigenvalue weighted by atomic mass is 35.5. The van der Waals surface area contributed by atoms with Crippen LogP contribution in [0.4, 0.5) is 0 Å². The first-order valence-electron chi connectivity index (χ1n) is 5.42. The minimum absolute atomic E-state index is 0.377. The Labute approximate surface area is 105 Å². The minimum atomic E-state index is 0.377. The van der Waals surface area contributed by atoms with Gasteiger partial charge in [0.15, 0.2) is 5.15 Å². The third kappa shape index (κ3) is 2.67. The molecule has 16 heavy (non-hydrogen) atoms. The van der Waals surface area contributed by atoms with Crippen molar-refractivity contribution in [3.63, 3.8) is 0 Å². The number of rotatable bonds is 3. The number of ether oxygens (including phenoxy) is 1. The summed E-state index contributed by atoms with van der Waals surface area (Å²) in [5.41, 5.74) is 2.15. The van der Waals surface area contributed by atoms with Crippen molar-refractivity contribution in [2.75, 3.05) is 12.4 Å². The number of hydrogen-bond donors (Lipinski definition) is 0. The molecule has 2 rings (SSSR count). The molecule has 0 aromatic carbocycles. The van der Waals surface area contributed by atoms with Gasteiger partial charge in [0.25, 0.3) is 0 Å². The van der Waals surface area contributed by atoms with Crippen LogP contribution in [0.15, 0.2) is 5.03 Å². The zero-order valence-electron chi connectivity index (χ0n) is 9.49. The first-order valence-corrected chi connectivity index (χ1v) is 6.78. The van der Waals surface area contributed by atoms with Gasteiger partial charge in [-0.3, -0.25) is 0 Å². The van der Waals surface area contributed by atoms with E-state index in [2.05, 4.69) is 10.2 Å². The maximum atomic E-state index is 5.91. The monoisotopic (exact) mass is 258 g/mol. The summed E-state index contributed by atoms with van der Waals surface area (Å²) >= 11 is 7.62. The van der Waals surface area contributed by atoms with Crippen molar-refractivity contribution < 1.29 is 4.74 Å². The largest absolute Gasteiger partial charge is 0.377 e. The van der Waals surface area contributed by atoms with Crippen LogP contribution in [0, 0.1) is 13.8 Å². The molecule has 1 aliphatic rings. The molecule has 0 radical (unpaired) electrons. The lowest BCUT2D eigenvalue weighted by Crippen LogP contribution is -2.08. The van der Waals surface area contributed by atoms with Crippen molar-refractivity contribution in [2.24, 2.45) is 0 Å². The van der Waals surface area contributed by atoms with Crippen LogP contribution in [0.1, 0.15) is 24.0 Å². The molecule has 1 saturated heterocycles. The van der Waals surface area contributed by atoms with Gasteiger partial charge in [-0.25, -0.2) is 0 Å². The molecule has 0 spiro atoms. The Morgan fingerprint density at radius 1 is 1.38 bits per heavy atom. The van der Waals surface area contributed by atoms with Crippen LogP contribution in [-0.4, -0.2) is 28.7 Å². The van der Waals surface area contributed by atoms with Gasteiger partial charge in [0, 0.05) is 12.4 Å². The van der Waals surface area contributed by atoms with E-state index < -0.39 is 0 Å². The number of aromatic nitrogens is 2. The molecule has 0 aliphatic carbocycles. The molecule has 0 bridgehead atoms. The number of halogens is 1. The Balaban J connectivity index is 2.01. The highest BCUT2D eigenvalue weighted by Gasteiger charge is 2.17. The van der Waals surface area contributed by atoms with Crippen LogP contribution in [0.3, 0.4) is 0 Å². The first-order chi connectivity index (χ1) is 7.68. The average molecular weight is 259 g/mol. The van der Waals surface area contributed by atoms with Crippen LogP contribution >= 0.6 is 23.4 Å². The van der Waals surface area contributed by atoms with E-state index in [0.717, 1.165) is 34.9 Å². The molecule has 1 unspecified atom stereocenters. The maximum absolute atomic E-state index is 5.91. The minimum Gasteiger partial charge on any atom is -0.377 e. The van der Waals surface area contributed by atoms with Gasteiger partial charge in [-0.1, -0.05) is 11.6 Å². The lowest BCUT2D eigenvalue weighted by Gasteiger charge is -2.10. The van der Waals surface area contributed by atoms with Crippen LogP contribution < -0.4 is 0 Å². The summed E-state index contributed by atoms with van der Waals surface area (Å²) < 4.78 is 5.57. The lowest BCUT2D eigenvalue weighted by molar-refractivity contribution is 0.129. The normalized spacial score (nSPS) is 20.3. The zero-order valence-corrected chi connectivity index (χ0v) is 11.1. The van der Waals surface area contributed by atoms with Crippen LogP contribution in [0.2, 0.25) is 5.15 Å². The number of nitrogens with zero attached hydrogens (tertiary/aromatic N) is 2. The molecular weight excluding hydrogens is 244 g/mol. The summed E-state index contributed by atoms with van der Waals surface area (Å²) in [5.74, 6) is 0.955. The zero-order chi connectivity index (χ0) is 11.5. The number of thioether (sulfide) groups is 1. The standard InChI is InChI=1S/C11H15ClN2OS/c1-7-8(2)11(14-13-10(7)12)16-6-9-4-3-5-15-9/h9H,3-6H2,1-2H3. The van der Waals surface area contributed by atoms with Crippen LogP contribution in [-0.2, 0) is 4.74 Å². The molecule has 1 aromatic heterocycles. The highest BCUT2D eigenvalue weighted by Crippen LogP contribution is 2.27. The van der Waals surface area contributed by atoms with Crippen molar-refractivity contribution in [3.8, 4) is 0 Å². The van der Waals surface area contributed by atoms with Crippen LogP contribution in [0.25, 0.3) is 0 Å². The molecule has 1 fully saturated rings. The summed E-state index contributed by atoms with van der Waals surface area (Å²) in [7, 11) is 0. The molecule has 0 saturated carbocycles. The molecule has 88 valence electrons. The SMILES string of the molecule is Cc1c(Cl)nnc(SCC2CCCO2)c1C. The van der Waals surface area contributed by atoms with Crippen LogP contribution in [0.5, 0.6) is 0 Å². The van der Waals surface area contributed by atoms with Gasteiger partial charge in [-0.15, -0.1) is 22.0 Å². The van der Waals surface area contributed by atoms with Gasteiger partial charge in [0.1, 0.15) is 5.03 Å². The summed E-state index contributed by atoms with van der Waals surface area (Å²) in [4.78, 5) is 0. The van der Waals surface area contributed by atoms with E-state index in [9.17, 15) is 0 Å². The molecule has 0 N–H and O–H groups in total. The lowest BCUT2D eigenvalue weighted by atomic mass is 10.2. The van der Waals surface area contributed by atoms with E-state index in [1.54, 1.807) is 11.8 Å². The fourth-order valence-corrected chi connectivity index (χ4v) is 2.89. The predicted molar refractivity (Wildman–Crippen MR) is 66.2 cm³/mol. The fourth-order valence-electron chi connectivity index (χ4n) is 1.64. The molecule has 2 heterocycles. The third-order valence-electron chi connectivity index (χ3n) is 2.85. The van der Waals surface area contributed by atoms with Gasteiger partial charge < -0.3 is 4.74 Å².